The first kappa shape index (κ1) is 9.66. The van der Waals surface area contributed by atoms with Gasteiger partial charge in [-0.2, -0.15) is 0 Å². The van der Waals surface area contributed by atoms with E-state index in [2.05, 4.69) is 23.1 Å². The molecule has 13 heavy (non-hydrogen) atoms. The van der Waals surface area contributed by atoms with Gasteiger partial charge in [-0.15, -0.1) is 6.42 Å². The highest BCUT2D eigenvalue weighted by atomic mass is 15.2. The van der Waals surface area contributed by atoms with Gasteiger partial charge in [0.15, 0.2) is 0 Å². The fourth-order valence-corrected chi connectivity index (χ4v) is 0.959. The van der Waals surface area contributed by atoms with E-state index in [9.17, 15) is 0 Å². The Balaban J connectivity index is 2.80. The number of hydrogen-bond acceptors (Lipinski definition) is 2. The van der Waals surface area contributed by atoms with Crippen LogP contribution in [0.2, 0.25) is 0 Å². The van der Waals surface area contributed by atoms with E-state index >= 15 is 0 Å². The largest absolute Gasteiger partial charge is 0.340 e. The molecule has 1 rings (SSSR count). The molecule has 0 aliphatic heterocycles. The van der Waals surface area contributed by atoms with Crippen LogP contribution in [0.1, 0.15) is 20.3 Å². The summed E-state index contributed by atoms with van der Waals surface area (Å²) < 4.78 is 1.91. The lowest BCUT2D eigenvalue weighted by Gasteiger charge is -2.23. The van der Waals surface area contributed by atoms with Crippen molar-refractivity contribution in [2.24, 2.45) is 7.05 Å². The number of aryl methyl sites for hydroxylation is 1. The predicted molar refractivity (Wildman–Crippen MR) is 54.4 cm³/mol. The van der Waals surface area contributed by atoms with Crippen LogP contribution in [-0.4, -0.2) is 15.1 Å². The van der Waals surface area contributed by atoms with Gasteiger partial charge in [-0.3, -0.25) is 0 Å². The van der Waals surface area contributed by atoms with Gasteiger partial charge in [0.05, 0.1) is 5.54 Å². The molecule has 0 spiro atoms. The Labute approximate surface area is 79.2 Å². The summed E-state index contributed by atoms with van der Waals surface area (Å²) in [5.74, 6) is 3.54. The number of nitrogens with zero attached hydrogens (tertiary/aromatic N) is 2. The van der Waals surface area contributed by atoms with Gasteiger partial charge in [-0.25, -0.2) is 4.98 Å². The van der Waals surface area contributed by atoms with Gasteiger partial charge in [0.25, 0.3) is 0 Å². The lowest BCUT2D eigenvalue weighted by Crippen LogP contribution is -2.33. The Morgan fingerprint density at radius 3 is 2.85 bits per heavy atom. The minimum Gasteiger partial charge on any atom is -0.340 e. The summed E-state index contributed by atoms with van der Waals surface area (Å²) in [5, 5.41) is 3.22. The third-order valence-corrected chi connectivity index (χ3v) is 2.23. The van der Waals surface area contributed by atoms with E-state index in [4.69, 9.17) is 6.42 Å². The molecule has 0 bridgehead atoms. The van der Waals surface area contributed by atoms with Crippen LogP contribution in [0.25, 0.3) is 0 Å². The Morgan fingerprint density at radius 2 is 2.46 bits per heavy atom. The molecule has 0 radical (unpaired) electrons. The van der Waals surface area contributed by atoms with Crippen LogP contribution in [-0.2, 0) is 7.05 Å². The van der Waals surface area contributed by atoms with Crippen LogP contribution in [0, 0.1) is 12.3 Å². The number of terminal acetylenes is 1. The normalized spacial score (nSPS) is 14.6. The van der Waals surface area contributed by atoms with E-state index < -0.39 is 0 Å². The summed E-state index contributed by atoms with van der Waals surface area (Å²) in [6.45, 7) is 4.04. The molecule has 1 heterocycles. The molecule has 1 unspecified atom stereocenters. The van der Waals surface area contributed by atoms with Crippen LogP contribution in [0.4, 0.5) is 5.95 Å². The third-order valence-electron chi connectivity index (χ3n) is 2.23. The van der Waals surface area contributed by atoms with Crippen molar-refractivity contribution in [1.82, 2.24) is 9.55 Å². The average Bonchev–Trinajstić information content (AvgIpc) is 2.52. The summed E-state index contributed by atoms with van der Waals surface area (Å²) in [4.78, 5) is 4.15. The molecule has 0 aromatic carbocycles. The molecule has 1 aromatic heterocycles. The molecule has 3 heteroatoms. The van der Waals surface area contributed by atoms with Crippen molar-refractivity contribution in [2.45, 2.75) is 25.8 Å². The van der Waals surface area contributed by atoms with E-state index in [0.717, 1.165) is 12.4 Å². The first-order chi connectivity index (χ1) is 6.11. The Hall–Kier alpha value is -1.43. The van der Waals surface area contributed by atoms with Crippen molar-refractivity contribution in [1.29, 1.82) is 0 Å². The SMILES string of the molecule is C#CC(C)(CC)Nc1nccn1C. The van der Waals surface area contributed by atoms with Crippen molar-refractivity contribution in [3.8, 4) is 12.3 Å². The highest BCUT2D eigenvalue weighted by molar-refractivity contribution is 5.35. The summed E-state index contributed by atoms with van der Waals surface area (Å²) in [7, 11) is 1.93. The standard InChI is InChI=1S/C10H15N3/c1-5-10(3,6-2)12-9-11-7-8-13(9)4/h1,7-8H,6H2,2-4H3,(H,11,12). The van der Waals surface area contributed by atoms with Gasteiger partial charge < -0.3 is 9.88 Å². The minimum absolute atomic E-state index is 0.306. The van der Waals surface area contributed by atoms with Crippen LogP contribution < -0.4 is 5.32 Å². The Kier molecular flexibility index (Phi) is 2.62. The maximum absolute atomic E-state index is 5.43. The summed E-state index contributed by atoms with van der Waals surface area (Å²) in [6, 6.07) is 0. The quantitative estimate of drug-likeness (QED) is 0.711. The topological polar surface area (TPSA) is 29.9 Å². The van der Waals surface area contributed by atoms with Crippen molar-refractivity contribution >= 4 is 5.95 Å². The number of anilines is 1. The van der Waals surface area contributed by atoms with Crippen molar-refractivity contribution in [3.05, 3.63) is 12.4 Å². The predicted octanol–water partition coefficient (Wildman–Crippen LogP) is 1.63. The van der Waals surface area contributed by atoms with Crippen LogP contribution in [0.5, 0.6) is 0 Å². The zero-order valence-electron chi connectivity index (χ0n) is 8.33. The second-order valence-electron chi connectivity index (χ2n) is 3.32. The van der Waals surface area contributed by atoms with Crippen molar-refractivity contribution < 1.29 is 0 Å². The molecule has 3 nitrogen and oxygen atoms in total. The Bertz CT molecular complexity index is 321. The lowest BCUT2D eigenvalue weighted by atomic mass is 10.0. The molecule has 0 saturated carbocycles. The van der Waals surface area contributed by atoms with Crippen LogP contribution >= 0.6 is 0 Å². The number of rotatable bonds is 3. The molecule has 0 aliphatic rings. The molecule has 0 fully saturated rings. The molecular weight excluding hydrogens is 162 g/mol. The highest BCUT2D eigenvalue weighted by Crippen LogP contribution is 2.14. The van der Waals surface area contributed by atoms with Crippen LogP contribution in [0.15, 0.2) is 12.4 Å². The second-order valence-corrected chi connectivity index (χ2v) is 3.32. The third kappa shape index (κ3) is 2.03. The Morgan fingerprint density at radius 1 is 1.77 bits per heavy atom. The first-order valence-electron chi connectivity index (χ1n) is 4.34. The number of hydrogen-bond donors (Lipinski definition) is 1. The lowest BCUT2D eigenvalue weighted by molar-refractivity contribution is 0.622. The summed E-state index contributed by atoms with van der Waals surface area (Å²) in [5.41, 5.74) is -0.306. The zero-order chi connectivity index (χ0) is 9.90. The molecule has 0 saturated heterocycles. The van der Waals surface area contributed by atoms with E-state index in [1.807, 2.05) is 24.7 Å². The van der Waals surface area contributed by atoms with Gasteiger partial charge in [0.2, 0.25) is 5.95 Å². The van der Waals surface area contributed by atoms with Gasteiger partial charge in [0.1, 0.15) is 0 Å². The van der Waals surface area contributed by atoms with E-state index in [0.29, 0.717) is 0 Å². The number of imidazole rings is 1. The van der Waals surface area contributed by atoms with Crippen molar-refractivity contribution in [3.63, 3.8) is 0 Å². The minimum atomic E-state index is -0.306. The van der Waals surface area contributed by atoms with E-state index in [1.165, 1.54) is 0 Å². The van der Waals surface area contributed by atoms with Gasteiger partial charge >= 0.3 is 0 Å². The van der Waals surface area contributed by atoms with E-state index in [1.54, 1.807) is 6.20 Å². The number of nitrogens with one attached hydrogen (secondary N) is 1. The summed E-state index contributed by atoms with van der Waals surface area (Å²) >= 11 is 0. The molecule has 0 aliphatic carbocycles. The highest BCUT2D eigenvalue weighted by Gasteiger charge is 2.19. The monoisotopic (exact) mass is 177 g/mol. The summed E-state index contributed by atoms with van der Waals surface area (Å²) in [6.07, 6.45) is 9.93. The molecular formula is C10H15N3. The van der Waals surface area contributed by atoms with Crippen molar-refractivity contribution in [2.75, 3.05) is 5.32 Å². The average molecular weight is 177 g/mol. The maximum atomic E-state index is 5.43. The molecule has 1 aromatic rings. The first-order valence-corrected chi connectivity index (χ1v) is 4.34. The molecule has 0 amide bonds. The molecule has 1 N–H and O–H groups in total. The fraction of sp³-hybridized carbons (Fsp3) is 0.500. The number of aromatic nitrogens is 2. The van der Waals surface area contributed by atoms with Gasteiger partial charge in [-0.1, -0.05) is 12.8 Å². The van der Waals surface area contributed by atoms with Gasteiger partial charge in [0, 0.05) is 19.4 Å². The fourth-order valence-electron chi connectivity index (χ4n) is 0.959. The van der Waals surface area contributed by atoms with Crippen LogP contribution in [0.3, 0.4) is 0 Å². The second kappa shape index (κ2) is 3.53. The van der Waals surface area contributed by atoms with Gasteiger partial charge in [-0.05, 0) is 13.3 Å². The zero-order valence-corrected chi connectivity index (χ0v) is 8.33. The smallest absolute Gasteiger partial charge is 0.203 e. The maximum Gasteiger partial charge on any atom is 0.203 e. The molecule has 70 valence electrons. The van der Waals surface area contributed by atoms with E-state index in [-0.39, 0.29) is 5.54 Å². The molecule has 1 atom stereocenters.